The van der Waals surface area contributed by atoms with Gasteiger partial charge in [-0.25, -0.2) is 0 Å². The van der Waals surface area contributed by atoms with Crippen molar-refractivity contribution in [3.05, 3.63) is 14.7 Å². The molecule has 19 heavy (non-hydrogen) atoms. The van der Waals surface area contributed by atoms with E-state index in [4.69, 9.17) is 0 Å². The Morgan fingerprint density at radius 1 is 1.53 bits per heavy atom. The van der Waals surface area contributed by atoms with Crippen LogP contribution >= 0.6 is 39.0 Å². The molecule has 1 aromatic heterocycles. The van der Waals surface area contributed by atoms with Gasteiger partial charge in [-0.3, -0.25) is 4.28 Å². The molecule has 0 saturated heterocycles. The molecule has 1 heterocycles. The van der Waals surface area contributed by atoms with Gasteiger partial charge in [0.15, 0.2) is 0 Å². The maximum atomic E-state index is 12.9. The Kier molecular flexibility index (Phi) is 5.32. The first-order valence-corrected chi connectivity index (χ1v) is 9.13. The summed E-state index contributed by atoms with van der Waals surface area (Å²) in [6.07, 6.45) is -2.61. The Bertz CT molecular complexity index is 594. The minimum atomic E-state index is -4.82. The van der Waals surface area contributed by atoms with Gasteiger partial charge >= 0.3 is 16.3 Å². The van der Waals surface area contributed by atoms with Crippen LogP contribution in [0.15, 0.2) is 19.9 Å². The molecule has 1 aromatic rings. The average Bonchev–Trinajstić information content (AvgIpc) is 2.56. The number of halogens is 4. The van der Waals surface area contributed by atoms with Crippen molar-refractivity contribution in [2.45, 2.75) is 11.1 Å². The van der Waals surface area contributed by atoms with E-state index in [1.54, 1.807) is 6.26 Å². The number of alkyl halides is 3. The Hall–Kier alpha value is -0.260. The van der Waals surface area contributed by atoms with Gasteiger partial charge in [-0.2, -0.15) is 21.6 Å². The fraction of sp³-hybridized carbons (Fsp3) is 0.375. The van der Waals surface area contributed by atoms with Crippen LogP contribution in [0, 0.1) is 0 Å². The minimum Gasteiger partial charge on any atom is -0.268 e. The monoisotopic (exact) mass is 397 g/mol. The lowest BCUT2D eigenvalue weighted by atomic mass is 10.3. The van der Waals surface area contributed by atoms with Crippen LogP contribution in [0.2, 0.25) is 0 Å². The molecule has 0 atom stereocenters. The zero-order valence-electron chi connectivity index (χ0n) is 9.49. The van der Waals surface area contributed by atoms with Crippen molar-refractivity contribution >= 4 is 54.9 Å². The molecule has 0 aromatic carbocycles. The maximum Gasteiger partial charge on any atom is 0.438 e. The van der Waals surface area contributed by atoms with E-state index in [0.717, 1.165) is 23.1 Å². The molecule has 0 fully saturated rings. The quantitative estimate of drug-likeness (QED) is 0.443. The van der Waals surface area contributed by atoms with Crippen molar-refractivity contribution in [3.63, 3.8) is 0 Å². The highest BCUT2D eigenvalue weighted by Gasteiger charge is 2.40. The van der Waals surface area contributed by atoms with Crippen molar-refractivity contribution in [2.75, 3.05) is 12.5 Å². The Balaban J connectivity index is 3.33. The van der Waals surface area contributed by atoms with Crippen LogP contribution in [-0.2, 0) is 14.4 Å². The zero-order valence-corrected chi connectivity index (χ0v) is 13.5. The summed E-state index contributed by atoms with van der Waals surface area (Å²) >= 11 is 4.99. The van der Waals surface area contributed by atoms with E-state index in [0.29, 0.717) is 15.6 Å². The van der Waals surface area contributed by atoms with Crippen LogP contribution in [0.4, 0.5) is 13.2 Å². The molecule has 108 valence electrons. The number of thioether (sulfide) groups is 1. The molecule has 0 aliphatic heterocycles. The van der Waals surface area contributed by atoms with Gasteiger partial charge in [0.2, 0.25) is 5.71 Å². The van der Waals surface area contributed by atoms with Crippen molar-refractivity contribution in [2.24, 2.45) is 5.16 Å². The average molecular weight is 398 g/mol. The molecule has 0 radical (unpaired) electrons. The van der Waals surface area contributed by atoms with Gasteiger partial charge in [0.25, 0.3) is 0 Å². The number of nitrogens with zero attached hydrogens (tertiary/aromatic N) is 1. The molecular formula is C8H7BrF3NO3S3. The predicted molar refractivity (Wildman–Crippen MR) is 72.3 cm³/mol. The maximum absolute atomic E-state index is 12.9. The minimum absolute atomic E-state index is 0.199. The second-order valence-corrected chi connectivity index (χ2v) is 7.27. The van der Waals surface area contributed by atoms with Crippen LogP contribution in [-0.4, -0.2) is 32.8 Å². The molecule has 11 heteroatoms. The lowest BCUT2D eigenvalue weighted by molar-refractivity contribution is -0.0596. The van der Waals surface area contributed by atoms with E-state index in [1.807, 2.05) is 0 Å². The summed E-state index contributed by atoms with van der Waals surface area (Å²) < 4.78 is 64.5. The third-order valence-corrected chi connectivity index (χ3v) is 5.14. The molecule has 0 spiro atoms. The van der Waals surface area contributed by atoms with Crippen LogP contribution in [0.1, 0.15) is 4.88 Å². The third-order valence-electron chi connectivity index (χ3n) is 1.66. The topological polar surface area (TPSA) is 55.7 Å². The Morgan fingerprint density at radius 2 is 2.11 bits per heavy atom. The Morgan fingerprint density at radius 3 is 2.53 bits per heavy atom. The summed E-state index contributed by atoms with van der Waals surface area (Å²) in [6.45, 7) is 0. The van der Waals surface area contributed by atoms with E-state index >= 15 is 0 Å². The molecule has 0 aliphatic carbocycles. The van der Waals surface area contributed by atoms with Crippen LogP contribution in [0.5, 0.6) is 0 Å². The summed E-state index contributed by atoms with van der Waals surface area (Å²) in [4.78, 5) is 0.119. The van der Waals surface area contributed by atoms with Gasteiger partial charge in [0, 0.05) is 14.7 Å². The summed E-state index contributed by atoms with van der Waals surface area (Å²) in [5.41, 5.74) is -1.38. The number of hydrogen-bond donors (Lipinski definition) is 0. The van der Waals surface area contributed by atoms with E-state index in [2.05, 4.69) is 25.4 Å². The molecule has 0 N–H and O–H groups in total. The van der Waals surface area contributed by atoms with Gasteiger partial charge in [-0.1, -0.05) is 5.16 Å². The van der Waals surface area contributed by atoms with Gasteiger partial charge in [0.1, 0.15) is 0 Å². The molecule has 0 bridgehead atoms. The van der Waals surface area contributed by atoms with Crippen molar-refractivity contribution < 1.29 is 25.9 Å². The van der Waals surface area contributed by atoms with Crippen molar-refractivity contribution in [3.8, 4) is 0 Å². The summed E-state index contributed by atoms with van der Waals surface area (Å²) in [5.74, 6) is 0. The zero-order chi connectivity index (χ0) is 14.8. The Labute approximate surface area is 124 Å². The van der Waals surface area contributed by atoms with E-state index in [1.165, 1.54) is 5.38 Å². The lowest BCUT2D eigenvalue weighted by Gasteiger charge is -2.09. The highest BCUT2D eigenvalue weighted by Crippen LogP contribution is 2.38. The number of hydrogen-bond acceptors (Lipinski definition) is 6. The molecule has 0 saturated carbocycles. The van der Waals surface area contributed by atoms with E-state index in [-0.39, 0.29) is 4.88 Å². The van der Waals surface area contributed by atoms with Gasteiger partial charge in [-0.05, 0) is 22.2 Å². The summed E-state index contributed by atoms with van der Waals surface area (Å²) in [5, 5.41) is 4.20. The van der Waals surface area contributed by atoms with E-state index < -0.39 is 22.0 Å². The first-order valence-electron chi connectivity index (χ1n) is 4.41. The highest BCUT2D eigenvalue weighted by molar-refractivity contribution is 9.10. The first kappa shape index (κ1) is 16.8. The molecule has 1 rings (SSSR count). The third kappa shape index (κ3) is 4.65. The molecule has 0 amide bonds. The number of thiophene rings is 1. The van der Waals surface area contributed by atoms with E-state index in [9.17, 15) is 21.6 Å². The fourth-order valence-electron chi connectivity index (χ4n) is 1.01. The fourth-order valence-corrected chi connectivity index (χ4v) is 4.14. The molecule has 0 unspecified atom stereocenters. The van der Waals surface area contributed by atoms with Crippen LogP contribution < -0.4 is 0 Å². The second kappa shape index (κ2) is 6.02. The largest absolute Gasteiger partial charge is 0.438 e. The highest BCUT2D eigenvalue weighted by atomic mass is 79.9. The van der Waals surface area contributed by atoms with Crippen LogP contribution in [0.3, 0.4) is 0 Å². The van der Waals surface area contributed by atoms with Gasteiger partial charge < -0.3 is 0 Å². The summed E-state index contributed by atoms with van der Waals surface area (Å²) in [7, 11) is -4.10. The first-order chi connectivity index (χ1) is 8.56. The van der Waals surface area contributed by atoms with Crippen molar-refractivity contribution in [1.29, 1.82) is 0 Å². The predicted octanol–water partition coefficient (Wildman–Crippen LogP) is 3.48. The number of oxime groups is 1. The smallest absolute Gasteiger partial charge is 0.268 e. The molecule has 4 nitrogen and oxygen atoms in total. The number of rotatable bonds is 4. The molecular weight excluding hydrogens is 391 g/mol. The van der Waals surface area contributed by atoms with Gasteiger partial charge in [-0.15, -0.1) is 23.1 Å². The normalized spacial score (nSPS) is 13.7. The summed E-state index contributed by atoms with van der Waals surface area (Å²) in [6, 6.07) is 0. The standard InChI is InChI=1S/C8H7BrF3NO3S3/c1-17-5-4(9)3-18-6(5)7(8(10,11)12)13-16-19(2,14)15/h3H,1-2H3/b13-7-. The van der Waals surface area contributed by atoms with Crippen molar-refractivity contribution in [1.82, 2.24) is 0 Å². The lowest BCUT2D eigenvalue weighted by Crippen LogP contribution is -2.24. The molecule has 0 aliphatic rings. The SMILES string of the molecule is CSc1c(Br)csc1/C(=N/OS(C)(=O)=O)C(F)(F)F. The van der Waals surface area contributed by atoms with Gasteiger partial charge in [0.05, 0.1) is 11.1 Å². The second-order valence-electron chi connectivity index (χ2n) is 3.16. The van der Waals surface area contributed by atoms with Crippen LogP contribution in [0.25, 0.3) is 0 Å².